The Morgan fingerprint density at radius 1 is 1.70 bits per heavy atom. The molecule has 10 heavy (non-hydrogen) atoms. The summed E-state index contributed by atoms with van der Waals surface area (Å²) in [5.41, 5.74) is 1.17. The van der Waals surface area contributed by atoms with Gasteiger partial charge in [-0.1, -0.05) is 12.2 Å². The fourth-order valence-corrected chi connectivity index (χ4v) is 0.617. The highest BCUT2D eigenvalue weighted by atomic mass is 14.8. The van der Waals surface area contributed by atoms with Crippen molar-refractivity contribution in [3.05, 3.63) is 12.2 Å². The molecule has 0 heterocycles. The standard InChI is InChI=1S/C9H15N/c1-4-5-6-7-10-8-9(2)3/h1,10H,2,5-8H2,3H3. The zero-order chi connectivity index (χ0) is 7.82. The minimum absolute atomic E-state index is 0.864. The second-order valence-corrected chi connectivity index (χ2v) is 2.44. The van der Waals surface area contributed by atoms with Crippen molar-refractivity contribution in [1.82, 2.24) is 5.32 Å². The molecule has 0 radical (unpaired) electrons. The molecule has 0 aliphatic heterocycles. The highest BCUT2D eigenvalue weighted by Gasteiger charge is 1.85. The Labute approximate surface area is 63.5 Å². The Morgan fingerprint density at radius 3 is 2.90 bits per heavy atom. The van der Waals surface area contributed by atoms with Gasteiger partial charge in [0, 0.05) is 13.0 Å². The smallest absolute Gasteiger partial charge is 0.0159 e. The normalized spacial score (nSPS) is 8.80. The van der Waals surface area contributed by atoms with Gasteiger partial charge >= 0.3 is 0 Å². The lowest BCUT2D eigenvalue weighted by atomic mass is 10.3. The van der Waals surface area contributed by atoms with Crippen LogP contribution in [0.2, 0.25) is 0 Å². The topological polar surface area (TPSA) is 12.0 Å². The summed E-state index contributed by atoms with van der Waals surface area (Å²) in [6.45, 7) is 7.68. The van der Waals surface area contributed by atoms with Gasteiger partial charge < -0.3 is 5.32 Å². The molecular weight excluding hydrogens is 122 g/mol. The van der Waals surface area contributed by atoms with E-state index in [1.165, 1.54) is 5.57 Å². The number of hydrogen-bond donors (Lipinski definition) is 1. The van der Waals surface area contributed by atoms with Gasteiger partial charge in [-0.25, -0.2) is 0 Å². The predicted molar refractivity (Wildman–Crippen MR) is 45.8 cm³/mol. The molecule has 0 aromatic carbocycles. The third-order valence-corrected chi connectivity index (χ3v) is 1.10. The molecule has 0 bridgehead atoms. The van der Waals surface area contributed by atoms with Gasteiger partial charge in [-0.15, -0.1) is 12.3 Å². The highest BCUT2D eigenvalue weighted by Crippen LogP contribution is 1.85. The Morgan fingerprint density at radius 2 is 2.40 bits per heavy atom. The van der Waals surface area contributed by atoms with E-state index >= 15 is 0 Å². The minimum Gasteiger partial charge on any atom is -0.313 e. The average molecular weight is 137 g/mol. The monoisotopic (exact) mass is 137 g/mol. The lowest BCUT2D eigenvalue weighted by molar-refractivity contribution is 0.694. The Hall–Kier alpha value is -0.740. The molecule has 0 spiro atoms. The number of terminal acetylenes is 1. The summed E-state index contributed by atoms with van der Waals surface area (Å²) in [5.74, 6) is 2.59. The van der Waals surface area contributed by atoms with Gasteiger partial charge in [0.2, 0.25) is 0 Å². The summed E-state index contributed by atoms with van der Waals surface area (Å²) < 4.78 is 0. The molecule has 56 valence electrons. The van der Waals surface area contributed by atoms with Gasteiger partial charge in [-0.2, -0.15) is 0 Å². The highest BCUT2D eigenvalue weighted by molar-refractivity contribution is 4.90. The van der Waals surface area contributed by atoms with Crippen LogP contribution in [-0.4, -0.2) is 13.1 Å². The van der Waals surface area contributed by atoms with Crippen LogP contribution in [0.5, 0.6) is 0 Å². The Bertz CT molecular complexity index is 130. The molecule has 1 nitrogen and oxygen atoms in total. The fraction of sp³-hybridized carbons (Fsp3) is 0.556. The minimum atomic E-state index is 0.864. The van der Waals surface area contributed by atoms with E-state index in [-0.39, 0.29) is 0 Å². The lowest BCUT2D eigenvalue weighted by Crippen LogP contribution is -2.16. The van der Waals surface area contributed by atoms with Crippen molar-refractivity contribution in [2.24, 2.45) is 0 Å². The molecule has 0 aliphatic carbocycles. The summed E-state index contributed by atoms with van der Waals surface area (Å²) >= 11 is 0. The van der Waals surface area contributed by atoms with E-state index in [9.17, 15) is 0 Å². The van der Waals surface area contributed by atoms with Gasteiger partial charge in [0.15, 0.2) is 0 Å². The van der Waals surface area contributed by atoms with E-state index in [1.807, 2.05) is 6.92 Å². The second-order valence-electron chi connectivity index (χ2n) is 2.44. The van der Waals surface area contributed by atoms with Crippen LogP contribution in [0.15, 0.2) is 12.2 Å². The third kappa shape index (κ3) is 7.26. The third-order valence-electron chi connectivity index (χ3n) is 1.10. The molecule has 1 N–H and O–H groups in total. The summed E-state index contributed by atoms with van der Waals surface area (Å²) in [6.07, 6.45) is 7.00. The van der Waals surface area contributed by atoms with Crippen LogP contribution in [0, 0.1) is 12.3 Å². The van der Waals surface area contributed by atoms with Crippen molar-refractivity contribution in [2.45, 2.75) is 19.8 Å². The molecule has 0 aromatic rings. The molecular formula is C9H15N. The first-order chi connectivity index (χ1) is 4.77. The van der Waals surface area contributed by atoms with Crippen LogP contribution in [0.25, 0.3) is 0 Å². The molecule has 0 rings (SSSR count). The molecule has 0 atom stereocenters. The lowest BCUT2D eigenvalue weighted by Gasteiger charge is -2.00. The van der Waals surface area contributed by atoms with E-state index in [0.717, 1.165) is 25.9 Å². The van der Waals surface area contributed by atoms with Crippen molar-refractivity contribution in [3.63, 3.8) is 0 Å². The molecule has 0 fully saturated rings. The van der Waals surface area contributed by atoms with Gasteiger partial charge in [0.1, 0.15) is 0 Å². The van der Waals surface area contributed by atoms with Crippen LogP contribution < -0.4 is 5.32 Å². The van der Waals surface area contributed by atoms with Gasteiger partial charge in [0.25, 0.3) is 0 Å². The van der Waals surface area contributed by atoms with Crippen LogP contribution in [0.4, 0.5) is 0 Å². The quantitative estimate of drug-likeness (QED) is 0.344. The second kappa shape index (κ2) is 6.38. The van der Waals surface area contributed by atoms with E-state index in [0.29, 0.717) is 0 Å². The first kappa shape index (κ1) is 9.26. The SMILES string of the molecule is C#CCCCNCC(=C)C. The first-order valence-electron chi connectivity index (χ1n) is 3.56. The number of rotatable bonds is 5. The number of hydrogen-bond acceptors (Lipinski definition) is 1. The van der Waals surface area contributed by atoms with Crippen molar-refractivity contribution in [2.75, 3.05) is 13.1 Å². The maximum absolute atomic E-state index is 5.08. The Kier molecular flexibility index (Phi) is 5.91. The van der Waals surface area contributed by atoms with E-state index in [1.54, 1.807) is 0 Å². The summed E-state index contributed by atoms with van der Waals surface area (Å²) in [6, 6.07) is 0. The molecule has 1 heteroatoms. The van der Waals surface area contributed by atoms with Gasteiger partial charge in [0.05, 0.1) is 0 Å². The maximum Gasteiger partial charge on any atom is 0.0159 e. The van der Waals surface area contributed by atoms with Crippen LogP contribution in [0.3, 0.4) is 0 Å². The number of nitrogens with one attached hydrogen (secondary N) is 1. The van der Waals surface area contributed by atoms with Crippen molar-refractivity contribution < 1.29 is 0 Å². The molecule has 0 saturated heterocycles. The predicted octanol–water partition coefficient (Wildman–Crippen LogP) is 1.57. The van der Waals surface area contributed by atoms with Gasteiger partial charge in [-0.3, -0.25) is 0 Å². The fourth-order valence-electron chi connectivity index (χ4n) is 0.617. The zero-order valence-corrected chi connectivity index (χ0v) is 6.61. The zero-order valence-electron chi connectivity index (χ0n) is 6.61. The first-order valence-corrected chi connectivity index (χ1v) is 3.56. The Balaban J connectivity index is 2.92. The maximum atomic E-state index is 5.08. The van der Waals surface area contributed by atoms with Crippen molar-refractivity contribution in [3.8, 4) is 12.3 Å². The van der Waals surface area contributed by atoms with Crippen molar-refractivity contribution >= 4 is 0 Å². The van der Waals surface area contributed by atoms with Gasteiger partial charge in [-0.05, 0) is 19.9 Å². The molecule has 0 aromatic heterocycles. The van der Waals surface area contributed by atoms with E-state index < -0.39 is 0 Å². The largest absolute Gasteiger partial charge is 0.313 e. The molecule has 0 aliphatic rings. The number of unbranched alkanes of at least 4 members (excludes halogenated alkanes) is 1. The molecule has 0 unspecified atom stereocenters. The van der Waals surface area contributed by atoms with Crippen LogP contribution in [0.1, 0.15) is 19.8 Å². The van der Waals surface area contributed by atoms with Crippen LogP contribution >= 0.6 is 0 Å². The summed E-state index contributed by atoms with van der Waals surface area (Å²) in [5, 5.41) is 3.22. The van der Waals surface area contributed by atoms with E-state index in [2.05, 4.69) is 17.8 Å². The summed E-state index contributed by atoms with van der Waals surface area (Å²) in [7, 11) is 0. The van der Waals surface area contributed by atoms with Crippen LogP contribution in [-0.2, 0) is 0 Å². The molecule has 0 saturated carbocycles. The summed E-state index contributed by atoms with van der Waals surface area (Å²) in [4.78, 5) is 0. The van der Waals surface area contributed by atoms with E-state index in [4.69, 9.17) is 6.42 Å². The van der Waals surface area contributed by atoms with Crippen molar-refractivity contribution in [1.29, 1.82) is 0 Å². The molecule has 0 amide bonds. The average Bonchev–Trinajstić information content (AvgIpc) is 1.87.